The van der Waals surface area contributed by atoms with Crippen LogP contribution in [0.5, 0.6) is 0 Å². The molecule has 23 heavy (non-hydrogen) atoms. The van der Waals surface area contributed by atoms with Gasteiger partial charge in [0.25, 0.3) is 0 Å². The largest absolute Gasteiger partial charge is 0.416 e. The summed E-state index contributed by atoms with van der Waals surface area (Å²) in [5.74, 6) is 0.603. The predicted molar refractivity (Wildman–Crippen MR) is 82.4 cm³/mol. The van der Waals surface area contributed by atoms with Gasteiger partial charge in [0, 0.05) is 49.9 Å². The van der Waals surface area contributed by atoms with E-state index < -0.39 is 11.7 Å². The molecule has 2 heterocycles. The second-order valence-electron chi connectivity index (χ2n) is 5.57. The number of thioether (sulfide) groups is 1. The van der Waals surface area contributed by atoms with Crippen LogP contribution in [0.2, 0.25) is 0 Å². The zero-order chi connectivity index (χ0) is 16.4. The van der Waals surface area contributed by atoms with E-state index in [0.29, 0.717) is 30.3 Å². The Morgan fingerprint density at radius 2 is 1.87 bits per heavy atom. The Balaban J connectivity index is 1.86. The van der Waals surface area contributed by atoms with Gasteiger partial charge in [-0.15, -0.1) is 11.8 Å². The van der Waals surface area contributed by atoms with Crippen LogP contribution in [0.15, 0.2) is 23.1 Å². The maximum absolute atomic E-state index is 13.3. The minimum atomic E-state index is -4.40. The molecule has 0 aliphatic carbocycles. The lowest BCUT2D eigenvalue weighted by atomic mass is 10.1. The Labute approximate surface area is 137 Å². The Hall–Kier alpha value is -1.41. The van der Waals surface area contributed by atoms with Crippen molar-refractivity contribution < 1.29 is 18.0 Å². The number of rotatable bonds is 0. The minimum Gasteiger partial charge on any atom is -0.322 e. The molecule has 0 atom stereocenters. The molecule has 2 aliphatic heterocycles. The van der Waals surface area contributed by atoms with Crippen molar-refractivity contribution in [3.05, 3.63) is 29.3 Å². The molecule has 4 nitrogen and oxygen atoms in total. The maximum atomic E-state index is 13.3. The topological polar surface area (TPSA) is 35.6 Å². The van der Waals surface area contributed by atoms with E-state index >= 15 is 0 Å². The third-order valence-electron chi connectivity index (χ3n) is 4.06. The first-order valence-electron chi connectivity index (χ1n) is 7.53. The summed E-state index contributed by atoms with van der Waals surface area (Å²) in [5.41, 5.74) is -0.423. The van der Waals surface area contributed by atoms with E-state index in [1.807, 2.05) is 0 Å². The molecule has 0 saturated carbocycles. The second kappa shape index (κ2) is 6.60. The Morgan fingerprint density at radius 3 is 2.57 bits per heavy atom. The highest BCUT2D eigenvalue weighted by molar-refractivity contribution is 7.99. The van der Waals surface area contributed by atoms with E-state index in [2.05, 4.69) is 5.32 Å². The molecule has 0 spiro atoms. The number of alkyl halides is 3. The number of nitrogens with zero attached hydrogens (tertiary/aromatic N) is 2. The third-order valence-corrected chi connectivity index (χ3v) is 5.14. The molecule has 1 N–H and O–H groups in total. The fourth-order valence-electron chi connectivity index (χ4n) is 2.88. The number of urea groups is 1. The Bertz CT molecular complexity index is 588. The fourth-order valence-corrected chi connectivity index (χ4v) is 3.94. The van der Waals surface area contributed by atoms with Crippen molar-refractivity contribution in [3.8, 4) is 0 Å². The van der Waals surface area contributed by atoms with E-state index in [4.69, 9.17) is 0 Å². The Kier molecular flexibility index (Phi) is 4.72. The summed E-state index contributed by atoms with van der Waals surface area (Å²) < 4.78 is 39.8. The van der Waals surface area contributed by atoms with E-state index in [-0.39, 0.29) is 18.1 Å². The van der Waals surface area contributed by atoms with Crippen molar-refractivity contribution in [1.82, 2.24) is 15.1 Å². The zero-order valence-corrected chi connectivity index (χ0v) is 13.3. The van der Waals surface area contributed by atoms with Gasteiger partial charge in [-0.3, -0.25) is 0 Å². The first kappa shape index (κ1) is 16.4. The van der Waals surface area contributed by atoms with Crippen LogP contribution < -0.4 is 5.32 Å². The summed E-state index contributed by atoms with van der Waals surface area (Å²) in [6.45, 7) is 3.10. The van der Waals surface area contributed by atoms with Gasteiger partial charge in [0.15, 0.2) is 0 Å². The van der Waals surface area contributed by atoms with Gasteiger partial charge < -0.3 is 15.1 Å². The van der Waals surface area contributed by atoms with Crippen molar-refractivity contribution in [1.29, 1.82) is 0 Å². The molecule has 126 valence electrons. The number of piperazine rings is 1. The standard InChI is InChI=1S/C15H18F3N3OS/c16-15(17,18)12-2-1-3-13-11(12)10-21(8-9-23-13)14(22)20-6-4-19-5-7-20/h1-3,19H,4-10H2. The van der Waals surface area contributed by atoms with Gasteiger partial charge in [0.05, 0.1) is 5.56 Å². The summed E-state index contributed by atoms with van der Waals surface area (Å²) in [5, 5.41) is 3.16. The zero-order valence-electron chi connectivity index (χ0n) is 12.5. The normalized spacial score (nSPS) is 19.3. The molecule has 1 aromatic rings. The van der Waals surface area contributed by atoms with Crippen LogP contribution in [-0.4, -0.2) is 54.3 Å². The van der Waals surface area contributed by atoms with Crippen LogP contribution in [0.3, 0.4) is 0 Å². The molecule has 0 aromatic heterocycles. The number of carbonyl (C=O) groups is 1. The molecule has 0 radical (unpaired) electrons. The second-order valence-corrected chi connectivity index (χ2v) is 6.71. The monoisotopic (exact) mass is 345 g/mol. The SMILES string of the molecule is O=C(N1CCNCC1)N1CCSc2cccc(C(F)(F)F)c2C1. The van der Waals surface area contributed by atoms with Crippen LogP contribution in [0.1, 0.15) is 11.1 Å². The summed E-state index contributed by atoms with van der Waals surface area (Å²) in [6, 6.07) is 4.06. The number of hydrogen-bond acceptors (Lipinski definition) is 3. The van der Waals surface area contributed by atoms with Crippen LogP contribution in [-0.2, 0) is 12.7 Å². The first-order valence-corrected chi connectivity index (χ1v) is 8.52. The molecule has 2 amide bonds. The van der Waals surface area contributed by atoms with Gasteiger partial charge in [-0.2, -0.15) is 13.2 Å². The van der Waals surface area contributed by atoms with Crippen molar-refractivity contribution >= 4 is 17.8 Å². The summed E-state index contributed by atoms with van der Waals surface area (Å²) in [7, 11) is 0. The quantitative estimate of drug-likeness (QED) is 0.785. The van der Waals surface area contributed by atoms with E-state index in [9.17, 15) is 18.0 Å². The summed E-state index contributed by atoms with van der Waals surface area (Å²) in [6.07, 6.45) is -4.40. The fraction of sp³-hybridized carbons (Fsp3) is 0.533. The first-order chi connectivity index (χ1) is 11.0. The molecule has 2 aliphatic rings. The molecule has 1 saturated heterocycles. The van der Waals surface area contributed by atoms with Gasteiger partial charge in [0.2, 0.25) is 0 Å². The van der Waals surface area contributed by atoms with Gasteiger partial charge >= 0.3 is 12.2 Å². The Morgan fingerprint density at radius 1 is 1.13 bits per heavy atom. The van der Waals surface area contributed by atoms with E-state index in [0.717, 1.165) is 19.2 Å². The molecule has 1 aromatic carbocycles. The van der Waals surface area contributed by atoms with Crippen molar-refractivity contribution in [3.63, 3.8) is 0 Å². The molecule has 0 unspecified atom stereocenters. The third kappa shape index (κ3) is 3.58. The number of amides is 2. The highest BCUT2D eigenvalue weighted by Gasteiger charge is 2.36. The van der Waals surface area contributed by atoms with E-state index in [1.54, 1.807) is 15.9 Å². The number of fused-ring (bicyclic) bond motifs is 1. The summed E-state index contributed by atoms with van der Waals surface area (Å²) in [4.78, 5) is 16.5. The van der Waals surface area contributed by atoms with Crippen LogP contribution in [0, 0.1) is 0 Å². The smallest absolute Gasteiger partial charge is 0.322 e. The average Bonchev–Trinajstić information content (AvgIpc) is 2.76. The lowest BCUT2D eigenvalue weighted by Crippen LogP contribution is -2.51. The molecule has 8 heteroatoms. The molecular weight excluding hydrogens is 327 g/mol. The van der Waals surface area contributed by atoms with Crippen molar-refractivity contribution in [2.24, 2.45) is 0 Å². The van der Waals surface area contributed by atoms with Gasteiger partial charge in [-0.05, 0) is 17.7 Å². The lowest BCUT2D eigenvalue weighted by Gasteiger charge is -2.33. The highest BCUT2D eigenvalue weighted by atomic mass is 32.2. The van der Waals surface area contributed by atoms with Crippen molar-refractivity contribution in [2.75, 3.05) is 38.5 Å². The van der Waals surface area contributed by atoms with Gasteiger partial charge in [-0.25, -0.2) is 4.79 Å². The van der Waals surface area contributed by atoms with Crippen LogP contribution in [0.25, 0.3) is 0 Å². The van der Waals surface area contributed by atoms with Crippen molar-refractivity contribution in [2.45, 2.75) is 17.6 Å². The van der Waals surface area contributed by atoms with Crippen LogP contribution >= 0.6 is 11.8 Å². The molecular formula is C15H18F3N3OS. The van der Waals surface area contributed by atoms with Gasteiger partial charge in [-0.1, -0.05) is 6.07 Å². The number of carbonyl (C=O) groups excluding carboxylic acids is 1. The van der Waals surface area contributed by atoms with Gasteiger partial charge in [0.1, 0.15) is 0 Å². The molecule has 1 fully saturated rings. The van der Waals surface area contributed by atoms with E-state index in [1.165, 1.54) is 17.8 Å². The highest BCUT2D eigenvalue weighted by Crippen LogP contribution is 2.38. The lowest BCUT2D eigenvalue weighted by molar-refractivity contribution is -0.138. The predicted octanol–water partition coefficient (Wildman–Crippen LogP) is 2.64. The maximum Gasteiger partial charge on any atom is 0.416 e. The average molecular weight is 345 g/mol. The number of benzene rings is 1. The summed E-state index contributed by atoms with van der Waals surface area (Å²) >= 11 is 1.38. The number of hydrogen-bond donors (Lipinski definition) is 1. The number of halogens is 3. The molecule has 0 bridgehead atoms. The van der Waals surface area contributed by atoms with Crippen LogP contribution in [0.4, 0.5) is 18.0 Å². The molecule has 3 rings (SSSR count). The minimum absolute atomic E-state index is 0.0147. The number of nitrogens with one attached hydrogen (secondary N) is 1.